The number of phenols is 1. The van der Waals surface area contributed by atoms with Crippen molar-refractivity contribution in [3.63, 3.8) is 0 Å². The van der Waals surface area contributed by atoms with Crippen LogP contribution >= 0.6 is 0 Å². The van der Waals surface area contributed by atoms with E-state index in [4.69, 9.17) is 5.11 Å². The zero-order valence-corrected chi connectivity index (χ0v) is 5.78. The Bertz CT molecular complexity index is 251. The molecule has 3 nitrogen and oxygen atoms in total. The molecule has 0 aliphatic carbocycles. The summed E-state index contributed by atoms with van der Waals surface area (Å²) >= 11 is 0. The monoisotopic (exact) mass is 151 g/mol. The largest absolute Gasteiger partial charge is 0.550 e. The molecule has 0 unspecified atom stereocenters. The smallest absolute Gasteiger partial charge is 0.115 e. The molecule has 0 saturated heterocycles. The van der Waals surface area contributed by atoms with Gasteiger partial charge in [0.1, 0.15) is 5.75 Å². The average Bonchev–Trinajstić information content (AvgIpc) is 1.93. The van der Waals surface area contributed by atoms with Crippen molar-refractivity contribution in [1.82, 2.24) is 0 Å². The van der Waals surface area contributed by atoms with Gasteiger partial charge in [-0.2, -0.15) is 0 Å². The van der Waals surface area contributed by atoms with E-state index in [0.29, 0.717) is 5.56 Å². The molecule has 58 valence electrons. The van der Waals surface area contributed by atoms with E-state index in [-0.39, 0.29) is 12.2 Å². The molecule has 0 aromatic heterocycles. The summed E-state index contributed by atoms with van der Waals surface area (Å²) in [4.78, 5) is 10.1. The Labute approximate surface area is 63.9 Å². The van der Waals surface area contributed by atoms with Gasteiger partial charge in [0.15, 0.2) is 0 Å². The third kappa shape index (κ3) is 2.29. The van der Waals surface area contributed by atoms with Gasteiger partial charge >= 0.3 is 0 Å². The molecule has 1 N–H and O–H groups in total. The lowest BCUT2D eigenvalue weighted by molar-refractivity contribution is -0.304. The molecule has 3 heteroatoms. The topological polar surface area (TPSA) is 60.4 Å². The zero-order valence-electron chi connectivity index (χ0n) is 5.78. The van der Waals surface area contributed by atoms with Crippen LogP contribution in [0.15, 0.2) is 24.3 Å². The van der Waals surface area contributed by atoms with Gasteiger partial charge in [0.25, 0.3) is 0 Å². The van der Waals surface area contributed by atoms with Gasteiger partial charge < -0.3 is 15.0 Å². The van der Waals surface area contributed by atoms with Crippen LogP contribution in [0.4, 0.5) is 0 Å². The maximum Gasteiger partial charge on any atom is 0.115 e. The third-order valence-corrected chi connectivity index (χ3v) is 1.28. The molecular weight excluding hydrogens is 144 g/mol. The van der Waals surface area contributed by atoms with E-state index >= 15 is 0 Å². The van der Waals surface area contributed by atoms with Gasteiger partial charge in [-0.05, 0) is 17.7 Å². The highest BCUT2D eigenvalue weighted by atomic mass is 16.4. The number of carbonyl (C=O) groups excluding carboxylic acids is 1. The van der Waals surface area contributed by atoms with Crippen LogP contribution in [-0.4, -0.2) is 11.1 Å². The van der Waals surface area contributed by atoms with Gasteiger partial charge in [0, 0.05) is 12.4 Å². The maximum absolute atomic E-state index is 10.1. The normalized spacial score (nSPS) is 9.45. The molecule has 1 aromatic rings. The van der Waals surface area contributed by atoms with Crippen LogP contribution in [0.25, 0.3) is 0 Å². The van der Waals surface area contributed by atoms with Gasteiger partial charge in [0.2, 0.25) is 0 Å². The van der Waals surface area contributed by atoms with Crippen molar-refractivity contribution in [2.24, 2.45) is 0 Å². The van der Waals surface area contributed by atoms with E-state index in [1.165, 1.54) is 12.1 Å². The van der Waals surface area contributed by atoms with Crippen molar-refractivity contribution in [3.05, 3.63) is 29.8 Å². The lowest BCUT2D eigenvalue weighted by Crippen LogP contribution is -2.24. The second-order valence-electron chi connectivity index (χ2n) is 2.22. The van der Waals surface area contributed by atoms with Crippen molar-refractivity contribution in [2.45, 2.75) is 6.42 Å². The molecule has 0 fully saturated rings. The molecule has 1 aromatic carbocycles. The number of rotatable bonds is 2. The Hall–Kier alpha value is -1.51. The summed E-state index contributed by atoms with van der Waals surface area (Å²) in [6.45, 7) is 0. The molecule has 0 aliphatic rings. The van der Waals surface area contributed by atoms with Gasteiger partial charge in [0.05, 0.1) is 0 Å². The second kappa shape index (κ2) is 3.05. The molecule has 11 heavy (non-hydrogen) atoms. The highest BCUT2D eigenvalue weighted by molar-refractivity contribution is 5.67. The van der Waals surface area contributed by atoms with Gasteiger partial charge in [-0.25, -0.2) is 0 Å². The summed E-state index contributed by atoms with van der Waals surface area (Å²) < 4.78 is 0. The number of phenolic OH excluding ortho intramolecular Hbond substituents is 1. The number of carboxylic acids is 1. The molecule has 1 rings (SSSR count). The second-order valence-corrected chi connectivity index (χ2v) is 2.22. The number of aliphatic carboxylic acids is 1. The summed E-state index contributed by atoms with van der Waals surface area (Å²) in [5, 5.41) is 18.9. The quantitative estimate of drug-likeness (QED) is 0.630. The molecule has 0 saturated carbocycles. The molecule has 0 amide bonds. The molecule has 0 bridgehead atoms. The van der Waals surface area contributed by atoms with Crippen LogP contribution in [0, 0.1) is 0 Å². The lowest BCUT2D eigenvalue weighted by atomic mass is 10.1. The van der Waals surface area contributed by atoms with E-state index in [1.54, 1.807) is 12.1 Å². The average molecular weight is 151 g/mol. The lowest BCUT2D eigenvalue weighted by Gasteiger charge is -2.01. The first-order valence-corrected chi connectivity index (χ1v) is 3.16. The Balaban J connectivity index is 2.74. The summed E-state index contributed by atoms with van der Waals surface area (Å²) in [5.41, 5.74) is 0.628. The minimum Gasteiger partial charge on any atom is -0.550 e. The van der Waals surface area contributed by atoms with Crippen LogP contribution in [0.1, 0.15) is 5.56 Å². The van der Waals surface area contributed by atoms with Gasteiger partial charge in [-0.1, -0.05) is 12.1 Å². The third-order valence-electron chi connectivity index (χ3n) is 1.28. The fourth-order valence-electron chi connectivity index (χ4n) is 0.780. The fraction of sp³-hybridized carbons (Fsp3) is 0.125. The molecule has 0 radical (unpaired) electrons. The molecule has 0 aliphatic heterocycles. The number of hydrogen-bond acceptors (Lipinski definition) is 3. The molecule has 0 spiro atoms. The van der Waals surface area contributed by atoms with Gasteiger partial charge in [-0.3, -0.25) is 0 Å². The van der Waals surface area contributed by atoms with Crippen LogP contribution in [0.2, 0.25) is 0 Å². The predicted octanol–water partition coefficient (Wildman–Crippen LogP) is -0.315. The number of carboxylic acid groups (broad SMARTS) is 1. The molecular formula is C8H7O3-. The number of benzene rings is 1. The van der Waals surface area contributed by atoms with Crippen molar-refractivity contribution in [2.75, 3.05) is 0 Å². The SMILES string of the molecule is O=C([O-])Cc1ccc(O)cc1. The van der Waals surface area contributed by atoms with E-state index in [0.717, 1.165) is 0 Å². The summed E-state index contributed by atoms with van der Waals surface area (Å²) in [5.74, 6) is -0.984. The fourth-order valence-corrected chi connectivity index (χ4v) is 0.780. The van der Waals surface area contributed by atoms with Crippen LogP contribution in [-0.2, 0) is 11.2 Å². The van der Waals surface area contributed by atoms with E-state index < -0.39 is 5.97 Å². The minimum atomic E-state index is -1.12. The highest BCUT2D eigenvalue weighted by Crippen LogP contribution is 2.09. The van der Waals surface area contributed by atoms with Gasteiger partial charge in [-0.15, -0.1) is 0 Å². The van der Waals surface area contributed by atoms with E-state index in [2.05, 4.69) is 0 Å². The first-order valence-electron chi connectivity index (χ1n) is 3.16. The first-order chi connectivity index (χ1) is 5.18. The predicted molar refractivity (Wildman–Crippen MR) is 36.8 cm³/mol. The van der Waals surface area contributed by atoms with Crippen molar-refractivity contribution in [1.29, 1.82) is 0 Å². The number of hydrogen-bond donors (Lipinski definition) is 1. The number of carbonyl (C=O) groups is 1. The Morgan fingerprint density at radius 1 is 1.36 bits per heavy atom. The van der Waals surface area contributed by atoms with Crippen LogP contribution in [0.3, 0.4) is 0 Å². The molecule has 0 atom stereocenters. The zero-order chi connectivity index (χ0) is 8.27. The number of aromatic hydroxyl groups is 1. The minimum absolute atomic E-state index is 0.111. The Kier molecular flexibility index (Phi) is 2.11. The Morgan fingerprint density at radius 3 is 2.36 bits per heavy atom. The Morgan fingerprint density at radius 2 is 1.91 bits per heavy atom. The first kappa shape index (κ1) is 7.60. The summed E-state index contributed by atoms with van der Waals surface area (Å²) in [6.07, 6.45) is -0.111. The maximum atomic E-state index is 10.1. The van der Waals surface area contributed by atoms with Crippen LogP contribution in [0.5, 0.6) is 5.75 Å². The highest BCUT2D eigenvalue weighted by Gasteiger charge is 1.92. The summed E-state index contributed by atoms with van der Waals surface area (Å²) in [6, 6.07) is 5.98. The standard InChI is InChI=1S/C8H8O3/c9-7-3-1-6(2-4-7)5-8(10)11/h1-4,9H,5H2,(H,10,11)/p-1. The molecule has 0 heterocycles. The van der Waals surface area contributed by atoms with E-state index in [1.807, 2.05) is 0 Å². The van der Waals surface area contributed by atoms with E-state index in [9.17, 15) is 9.90 Å². The van der Waals surface area contributed by atoms with Crippen molar-refractivity contribution >= 4 is 5.97 Å². The van der Waals surface area contributed by atoms with Crippen molar-refractivity contribution in [3.8, 4) is 5.75 Å². The van der Waals surface area contributed by atoms with Crippen LogP contribution < -0.4 is 5.11 Å². The van der Waals surface area contributed by atoms with Crippen molar-refractivity contribution < 1.29 is 15.0 Å². The summed E-state index contributed by atoms with van der Waals surface area (Å²) in [7, 11) is 0.